The lowest BCUT2D eigenvalue weighted by Crippen LogP contribution is -2.39. The van der Waals surface area contributed by atoms with Crippen LogP contribution in [-0.4, -0.2) is 59.3 Å². The molecule has 3 rings (SSSR count). The number of ether oxygens (including phenoxy) is 3. The van der Waals surface area contributed by atoms with Crippen molar-refractivity contribution in [2.75, 3.05) is 12.0 Å². The molecule has 0 amide bonds. The minimum atomic E-state index is -3.33. The van der Waals surface area contributed by atoms with E-state index in [1.165, 1.54) is 0 Å². The van der Waals surface area contributed by atoms with E-state index < -0.39 is 51.4 Å². The molecule has 0 unspecified atom stereocenters. The van der Waals surface area contributed by atoms with E-state index in [2.05, 4.69) is 10.1 Å². The van der Waals surface area contributed by atoms with Gasteiger partial charge in [0, 0.05) is 6.26 Å². The molecule has 2 aliphatic rings. The van der Waals surface area contributed by atoms with Gasteiger partial charge in [0.2, 0.25) is 0 Å². The van der Waals surface area contributed by atoms with Gasteiger partial charge in [-0.2, -0.15) is 9.78 Å². The molecule has 128 valence electrons. The minimum Gasteiger partial charge on any atom is -0.346 e. The van der Waals surface area contributed by atoms with Crippen LogP contribution in [0.5, 0.6) is 0 Å². The van der Waals surface area contributed by atoms with Gasteiger partial charge in [-0.05, 0) is 13.8 Å². The highest BCUT2D eigenvalue weighted by Crippen LogP contribution is 2.42. The Hall–Kier alpha value is -1.56. The lowest BCUT2D eigenvalue weighted by Gasteiger charge is -2.24. The Bertz CT molecular complexity index is 828. The number of H-pyrrole nitrogens is 1. The van der Waals surface area contributed by atoms with E-state index in [0.717, 1.165) is 17.1 Å². The van der Waals surface area contributed by atoms with Gasteiger partial charge in [-0.3, -0.25) is 9.78 Å². The zero-order valence-electron chi connectivity index (χ0n) is 12.8. The monoisotopic (exact) mass is 347 g/mol. The molecule has 0 aromatic carbocycles. The van der Waals surface area contributed by atoms with Gasteiger partial charge in [-0.25, -0.2) is 13.2 Å². The van der Waals surface area contributed by atoms with Crippen LogP contribution in [0.25, 0.3) is 0 Å². The van der Waals surface area contributed by atoms with E-state index >= 15 is 0 Å². The Kier molecular flexibility index (Phi) is 3.71. The van der Waals surface area contributed by atoms with Crippen molar-refractivity contribution in [2.45, 2.75) is 44.2 Å². The molecular formula is C12H17N3O7S. The van der Waals surface area contributed by atoms with E-state index in [0.29, 0.717) is 0 Å². The van der Waals surface area contributed by atoms with Crippen LogP contribution in [0.2, 0.25) is 0 Å². The normalized spacial score (nSPS) is 32.8. The highest BCUT2D eigenvalue weighted by atomic mass is 32.2. The van der Waals surface area contributed by atoms with Gasteiger partial charge in [0.1, 0.15) is 34.3 Å². The smallest absolute Gasteiger partial charge is 0.346 e. The van der Waals surface area contributed by atoms with E-state index in [1.54, 1.807) is 13.8 Å². The first kappa shape index (κ1) is 16.3. The van der Waals surface area contributed by atoms with Crippen molar-refractivity contribution in [3.05, 3.63) is 27.0 Å². The fraction of sp³-hybridized carbons (Fsp3) is 0.750. The molecule has 0 radical (unpaired) electrons. The van der Waals surface area contributed by atoms with E-state index in [1.807, 2.05) is 0 Å². The summed E-state index contributed by atoms with van der Waals surface area (Å²) in [6.07, 6.45) is -1.15. The summed E-state index contributed by atoms with van der Waals surface area (Å²) in [6, 6.07) is 0. The number of aromatic nitrogens is 3. The van der Waals surface area contributed by atoms with E-state index in [4.69, 9.17) is 14.2 Å². The van der Waals surface area contributed by atoms with Gasteiger partial charge >= 0.3 is 5.69 Å². The van der Waals surface area contributed by atoms with E-state index in [9.17, 15) is 18.0 Å². The topological polar surface area (TPSA) is 130 Å². The van der Waals surface area contributed by atoms with Crippen molar-refractivity contribution < 1.29 is 22.6 Å². The molecule has 4 atom stereocenters. The Morgan fingerprint density at radius 2 is 1.96 bits per heavy atom. The van der Waals surface area contributed by atoms with Crippen molar-refractivity contribution in [1.29, 1.82) is 0 Å². The Labute approximate surface area is 131 Å². The molecule has 11 heteroatoms. The van der Waals surface area contributed by atoms with Gasteiger partial charge < -0.3 is 14.2 Å². The average molecular weight is 347 g/mol. The van der Waals surface area contributed by atoms with Crippen LogP contribution in [0.1, 0.15) is 20.1 Å². The molecule has 3 heterocycles. The molecule has 0 bridgehead atoms. The van der Waals surface area contributed by atoms with Gasteiger partial charge in [-0.1, -0.05) is 0 Å². The number of nitrogens with one attached hydrogen (secondary N) is 1. The summed E-state index contributed by atoms with van der Waals surface area (Å²) in [7, 11) is -3.33. The number of sulfone groups is 1. The summed E-state index contributed by atoms with van der Waals surface area (Å²) >= 11 is 0. The third-order valence-corrected chi connectivity index (χ3v) is 4.50. The third kappa shape index (κ3) is 3.22. The first-order valence-corrected chi connectivity index (χ1v) is 8.99. The van der Waals surface area contributed by atoms with Crippen molar-refractivity contribution in [1.82, 2.24) is 14.8 Å². The van der Waals surface area contributed by atoms with Crippen molar-refractivity contribution in [3.8, 4) is 0 Å². The summed E-state index contributed by atoms with van der Waals surface area (Å²) in [5.41, 5.74) is -1.41. The summed E-state index contributed by atoms with van der Waals surface area (Å²) in [5.74, 6) is -1.22. The summed E-state index contributed by atoms with van der Waals surface area (Å²) < 4.78 is 41.2. The Morgan fingerprint density at radius 1 is 1.30 bits per heavy atom. The zero-order chi connectivity index (χ0) is 17.0. The number of hydrogen-bond acceptors (Lipinski definition) is 8. The van der Waals surface area contributed by atoms with Gasteiger partial charge in [0.25, 0.3) is 5.56 Å². The predicted octanol–water partition coefficient (Wildman–Crippen LogP) is -1.61. The standard InChI is InChI=1S/C12H17N3O7S/c1-12(2)21-8-6(5-23(3,18)19)20-10(9(8)22-12)15-11(17)14-7(16)4-13-15/h4,6,8-10H,5H2,1-3H3,(H,14,16,17)/t6-,8+,9+,10-/m0/s1. The van der Waals surface area contributed by atoms with Crippen LogP contribution in [0.3, 0.4) is 0 Å². The summed E-state index contributed by atoms with van der Waals surface area (Å²) in [6.45, 7) is 3.37. The molecule has 23 heavy (non-hydrogen) atoms. The van der Waals surface area contributed by atoms with Gasteiger partial charge in [-0.15, -0.1) is 0 Å². The molecule has 2 saturated heterocycles. The Balaban J connectivity index is 1.98. The largest absolute Gasteiger partial charge is 0.347 e. The lowest BCUT2D eigenvalue weighted by atomic mass is 10.1. The molecule has 1 aromatic heterocycles. The molecule has 0 spiro atoms. The SMILES string of the molecule is CC1(C)O[C@@H]2[C@H](O1)[C@H](CS(C)(=O)=O)O[C@@H]2n1ncc(=O)[nH]c1=O. The molecule has 2 fully saturated rings. The molecule has 0 aliphatic carbocycles. The van der Waals surface area contributed by atoms with Crippen LogP contribution in [0.15, 0.2) is 15.8 Å². The maximum atomic E-state index is 11.9. The maximum Gasteiger partial charge on any atom is 0.347 e. The maximum absolute atomic E-state index is 11.9. The quantitative estimate of drug-likeness (QED) is 0.691. The number of hydrogen-bond donors (Lipinski definition) is 1. The number of rotatable bonds is 3. The fourth-order valence-electron chi connectivity index (χ4n) is 2.83. The van der Waals surface area contributed by atoms with Crippen LogP contribution >= 0.6 is 0 Å². The molecular weight excluding hydrogens is 330 g/mol. The number of fused-ring (bicyclic) bond motifs is 1. The summed E-state index contributed by atoms with van der Waals surface area (Å²) in [4.78, 5) is 25.1. The second-order valence-corrected chi connectivity index (χ2v) is 8.29. The molecule has 0 saturated carbocycles. The Morgan fingerprint density at radius 3 is 2.57 bits per heavy atom. The van der Waals surface area contributed by atoms with Crippen LogP contribution in [-0.2, 0) is 24.0 Å². The van der Waals surface area contributed by atoms with Crippen LogP contribution < -0.4 is 11.2 Å². The van der Waals surface area contributed by atoms with Gasteiger partial charge in [0.05, 0.1) is 5.75 Å². The lowest BCUT2D eigenvalue weighted by molar-refractivity contribution is -0.196. The fourth-order valence-corrected chi connectivity index (χ4v) is 3.70. The number of aromatic amines is 1. The second-order valence-electron chi connectivity index (χ2n) is 6.11. The van der Waals surface area contributed by atoms with E-state index in [-0.39, 0.29) is 5.75 Å². The average Bonchev–Trinajstić information content (AvgIpc) is 2.83. The first-order chi connectivity index (χ1) is 10.6. The van der Waals surface area contributed by atoms with Crippen molar-refractivity contribution >= 4 is 9.84 Å². The molecule has 2 aliphatic heterocycles. The molecule has 1 N–H and O–H groups in total. The summed E-state index contributed by atoms with van der Waals surface area (Å²) in [5, 5.41) is 3.75. The van der Waals surface area contributed by atoms with Gasteiger partial charge in [0.15, 0.2) is 12.0 Å². The first-order valence-electron chi connectivity index (χ1n) is 6.93. The number of nitrogens with zero attached hydrogens (tertiary/aromatic N) is 2. The molecule has 10 nitrogen and oxygen atoms in total. The van der Waals surface area contributed by atoms with Crippen molar-refractivity contribution in [2.24, 2.45) is 0 Å². The predicted molar refractivity (Wildman–Crippen MR) is 76.6 cm³/mol. The highest BCUT2D eigenvalue weighted by Gasteiger charge is 2.57. The van der Waals surface area contributed by atoms with Crippen LogP contribution in [0.4, 0.5) is 0 Å². The van der Waals surface area contributed by atoms with Crippen LogP contribution in [0, 0.1) is 0 Å². The second kappa shape index (κ2) is 5.23. The zero-order valence-corrected chi connectivity index (χ0v) is 13.6. The minimum absolute atomic E-state index is 0.276. The molecule has 1 aromatic rings. The highest BCUT2D eigenvalue weighted by molar-refractivity contribution is 7.90. The third-order valence-electron chi connectivity index (χ3n) is 3.57. The van der Waals surface area contributed by atoms with Crippen molar-refractivity contribution in [3.63, 3.8) is 0 Å².